The summed E-state index contributed by atoms with van der Waals surface area (Å²) in [6, 6.07) is 7.08. The molecule has 0 radical (unpaired) electrons. The van der Waals surface area contributed by atoms with Gasteiger partial charge in [-0.05, 0) is 40.8 Å². The highest BCUT2D eigenvalue weighted by Gasteiger charge is 2.17. The molecule has 0 aromatic heterocycles. The molecule has 0 aliphatic heterocycles. The first-order chi connectivity index (χ1) is 9.90. The van der Waals surface area contributed by atoms with E-state index >= 15 is 0 Å². The second-order valence-corrected chi connectivity index (χ2v) is 5.14. The van der Waals surface area contributed by atoms with Crippen molar-refractivity contribution in [3.8, 4) is 0 Å². The number of nitro groups is 1. The summed E-state index contributed by atoms with van der Waals surface area (Å²) < 4.78 is 27.0. The molecule has 0 bridgehead atoms. The second-order valence-electron chi connectivity index (χ2n) is 3.98. The lowest BCUT2D eigenvalue weighted by molar-refractivity contribution is -0.384. The van der Waals surface area contributed by atoms with Crippen molar-refractivity contribution >= 4 is 39.9 Å². The van der Waals surface area contributed by atoms with Crippen molar-refractivity contribution in [1.82, 2.24) is 0 Å². The molecular formula is C13H7F2IN2O3. The van der Waals surface area contributed by atoms with Gasteiger partial charge >= 0.3 is 0 Å². The molecule has 2 rings (SSSR count). The van der Waals surface area contributed by atoms with Gasteiger partial charge in [0, 0.05) is 15.7 Å². The molecule has 8 heteroatoms. The largest absolute Gasteiger partial charge is 0.319 e. The van der Waals surface area contributed by atoms with E-state index in [4.69, 9.17) is 0 Å². The van der Waals surface area contributed by atoms with Crippen molar-refractivity contribution < 1.29 is 18.5 Å². The maximum Gasteiger partial charge on any atom is 0.270 e. The van der Waals surface area contributed by atoms with Crippen molar-refractivity contribution in [3.63, 3.8) is 0 Å². The van der Waals surface area contributed by atoms with Gasteiger partial charge in [0.05, 0.1) is 16.2 Å². The molecule has 2 aromatic rings. The van der Waals surface area contributed by atoms with Gasteiger partial charge in [-0.3, -0.25) is 14.9 Å². The number of non-ortho nitro benzene ring substituents is 1. The van der Waals surface area contributed by atoms with Crippen LogP contribution in [-0.4, -0.2) is 10.8 Å². The summed E-state index contributed by atoms with van der Waals surface area (Å²) in [5, 5.41) is 12.9. The number of amides is 1. The van der Waals surface area contributed by atoms with Crippen molar-refractivity contribution in [1.29, 1.82) is 0 Å². The minimum Gasteiger partial charge on any atom is -0.319 e. The molecule has 0 saturated heterocycles. The fourth-order valence-electron chi connectivity index (χ4n) is 1.59. The van der Waals surface area contributed by atoms with Crippen LogP contribution in [0.2, 0.25) is 0 Å². The highest BCUT2D eigenvalue weighted by atomic mass is 127. The highest BCUT2D eigenvalue weighted by Crippen LogP contribution is 2.22. The second kappa shape index (κ2) is 6.12. The average Bonchev–Trinajstić information content (AvgIpc) is 2.44. The van der Waals surface area contributed by atoms with E-state index in [2.05, 4.69) is 5.32 Å². The summed E-state index contributed by atoms with van der Waals surface area (Å²) in [4.78, 5) is 22.1. The minimum atomic E-state index is -1.19. The van der Waals surface area contributed by atoms with Crippen LogP contribution in [-0.2, 0) is 0 Å². The van der Waals surface area contributed by atoms with Crippen LogP contribution in [0.15, 0.2) is 36.4 Å². The number of benzene rings is 2. The monoisotopic (exact) mass is 404 g/mol. The Morgan fingerprint density at radius 2 is 1.95 bits per heavy atom. The molecule has 108 valence electrons. The number of anilines is 1. The van der Waals surface area contributed by atoms with Crippen LogP contribution in [0.4, 0.5) is 20.2 Å². The van der Waals surface area contributed by atoms with Gasteiger partial charge in [0.2, 0.25) is 0 Å². The first kappa shape index (κ1) is 15.3. The van der Waals surface area contributed by atoms with Gasteiger partial charge in [-0.1, -0.05) is 6.07 Å². The zero-order chi connectivity index (χ0) is 15.6. The molecule has 1 N–H and O–H groups in total. The third-order valence-corrected chi connectivity index (χ3v) is 3.55. The Morgan fingerprint density at radius 1 is 1.24 bits per heavy atom. The highest BCUT2D eigenvalue weighted by molar-refractivity contribution is 14.1. The molecule has 0 atom stereocenters. The molecule has 21 heavy (non-hydrogen) atoms. The summed E-state index contributed by atoms with van der Waals surface area (Å²) in [5.41, 5.74) is -0.587. The number of hydrogen-bond acceptors (Lipinski definition) is 3. The van der Waals surface area contributed by atoms with Crippen LogP contribution >= 0.6 is 22.6 Å². The molecule has 1 amide bonds. The Labute approximate surface area is 131 Å². The Balaban J connectivity index is 2.34. The van der Waals surface area contributed by atoms with Crippen molar-refractivity contribution in [2.45, 2.75) is 0 Å². The van der Waals surface area contributed by atoms with E-state index < -0.39 is 22.5 Å². The standard InChI is InChI=1S/C13H7F2IN2O3/c14-9-2-1-3-11(12(9)15)17-13(19)8-6-7(18(20)21)4-5-10(8)16/h1-6H,(H,17,19). The van der Waals surface area contributed by atoms with Crippen LogP contribution in [0, 0.1) is 25.3 Å². The SMILES string of the molecule is O=C(Nc1cccc(F)c1F)c1cc([N+](=O)[O-])ccc1I. The van der Waals surface area contributed by atoms with Crippen LogP contribution in [0.1, 0.15) is 10.4 Å². The van der Waals surface area contributed by atoms with Crippen LogP contribution in [0.25, 0.3) is 0 Å². The van der Waals surface area contributed by atoms with Gasteiger partial charge in [0.15, 0.2) is 11.6 Å². The van der Waals surface area contributed by atoms with E-state index in [0.29, 0.717) is 3.57 Å². The quantitative estimate of drug-likeness (QED) is 0.482. The summed E-state index contributed by atoms with van der Waals surface area (Å²) >= 11 is 1.82. The van der Waals surface area contributed by atoms with Crippen LogP contribution < -0.4 is 5.32 Å². The molecule has 2 aromatic carbocycles. The lowest BCUT2D eigenvalue weighted by Crippen LogP contribution is -2.15. The smallest absolute Gasteiger partial charge is 0.270 e. The molecule has 0 aliphatic carbocycles. The van der Waals surface area contributed by atoms with Crippen LogP contribution in [0.5, 0.6) is 0 Å². The Hall–Kier alpha value is -2.10. The number of carbonyl (C=O) groups is 1. The molecule has 0 heterocycles. The van der Waals surface area contributed by atoms with E-state index in [1.165, 1.54) is 24.3 Å². The summed E-state index contributed by atoms with van der Waals surface area (Å²) in [6.45, 7) is 0. The van der Waals surface area contributed by atoms with Gasteiger partial charge in [0.1, 0.15) is 0 Å². The Morgan fingerprint density at radius 3 is 2.62 bits per heavy atom. The number of hydrogen-bond donors (Lipinski definition) is 1. The molecular weight excluding hydrogens is 397 g/mol. The third-order valence-electron chi connectivity index (χ3n) is 2.61. The maximum absolute atomic E-state index is 13.5. The van der Waals surface area contributed by atoms with Gasteiger partial charge < -0.3 is 5.32 Å². The number of nitrogens with zero attached hydrogens (tertiary/aromatic N) is 1. The van der Waals surface area contributed by atoms with Crippen LogP contribution in [0.3, 0.4) is 0 Å². The number of carbonyl (C=O) groups excluding carboxylic acids is 1. The Bertz CT molecular complexity index is 737. The predicted molar refractivity (Wildman–Crippen MR) is 80.1 cm³/mol. The molecule has 5 nitrogen and oxygen atoms in total. The maximum atomic E-state index is 13.5. The summed E-state index contributed by atoms with van der Waals surface area (Å²) in [7, 11) is 0. The van der Waals surface area contributed by atoms with Crippen molar-refractivity contribution in [2.75, 3.05) is 5.32 Å². The first-order valence-electron chi connectivity index (χ1n) is 5.59. The third kappa shape index (κ3) is 3.32. The fourth-order valence-corrected chi connectivity index (χ4v) is 2.17. The summed E-state index contributed by atoms with van der Waals surface area (Å²) in [6.07, 6.45) is 0. The molecule has 0 spiro atoms. The van der Waals surface area contributed by atoms with E-state index in [-0.39, 0.29) is 16.9 Å². The first-order valence-corrected chi connectivity index (χ1v) is 6.67. The van der Waals surface area contributed by atoms with E-state index in [0.717, 1.165) is 12.1 Å². The van der Waals surface area contributed by atoms with Gasteiger partial charge in [-0.15, -0.1) is 0 Å². The predicted octanol–water partition coefficient (Wildman–Crippen LogP) is 3.73. The van der Waals surface area contributed by atoms with Gasteiger partial charge in [0.25, 0.3) is 11.6 Å². The number of halogens is 3. The number of nitro benzene ring substituents is 1. The molecule has 0 aliphatic rings. The number of nitrogens with one attached hydrogen (secondary N) is 1. The topological polar surface area (TPSA) is 72.2 Å². The molecule has 0 unspecified atom stereocenters. The Kier molecular flexibility index (Phi) is 4.46. The molecule has 0 fully saturated rings. The van der Waals surface area contributed by atoms with Gasteiger partial charge in [-0.2, -0.15) is 0 Å². The van der Waals surface area contributed by atoms with Gasteiger partial charge in [-0.25, -0.2) is 8.78 Å². The normalized spacial score (nSPS) is 10.2. The van der Waals surface area contributed by atoms with E-state index in [1.54, 1.807) is 0 Å². The van der Waals surface area contributed by atoms with E-state index in [9.17, 15) is 23.7 Å². The summed E-state index contributed by atoms with van der Waals surface area (Å²) in [5.74, 6) is -3.04. The zero-order valence-corrected chi connectivity index (χ0v) is 12.4. The van der Waals surface area contributed by atoms with Crippen molar-refractivity contribution in [2.24, 2.45) is 0 Å². The average molecular weight is 404 g/mol. The van der Waals surface area contributed by atoms with E-state index in [1.807, 2.05) is 22.6 Å². The lowest BCUT2D eigenvalue weighted by atomic mass is 10.2. The van der Waals surface area contributed by atoms with Crippen molar-refractivity contribution in [3.05, 3.63) is 67.3 Å². The zero-order valence-electron chi connectivity index (χ0n) is 10.3. The fraction of sp³-hybridized carbons (Fsp3) is 0. The lowest BCUT2D eigenvalue weighted by Gasteiger charge is -2.08. The molecule has 0 saturated carbocycles. The minimum absolute atomic E-state index is 0.00783. The number of rotatable bonds is 3.